The van der Waals surface area contributed by atoms with Crippen LogP contribution in [0.2, 0.25) is 5.02 Å². The van der Waals surface area contributed by atoms with E-state index < -0.39 is 23.7 Å². The summed E-state index contributed by atoms with van der Waals surface area (Å²) in [7, 11) is 0. The molecular formula is C23H15ClN4O3. The van der Waals surface area contributed by atoms with Crippen molar-refractivity contribution >= 4 is 29.1 Å². The minimum Gasteiger partial charge on any atom is -0.506 e. The van der Waals surface area contributed by atoms with Gasteiger partial charge in [-0.05, 0) is 36.8 Å². The topological polar surface area (TPSA) is 118 Å². The lowest BCUT2D eigenvalue weighted by molar-refractivity contribution is 0.0667. The number of hydrogen-bond acceptors (Lipinski definition) is 6. The molecule has 2 heterocycles. The maximum atomic E-state index is 12.8. The summed E-state index contributed by atoms with van der Waals surface area (Å²) < 4.78 is 0. The Morgan fingerprint density at radius 3 is 2.32 bits per heavy atom. The first-order valence-corrected chi connectivity index (χ1v) is 9.76. The van der Waals surface area contributed by atoms with Crippen molar-refractivity contribution in [2.45, 2.75) is 12.8 Å². The fourth-order valence-corrected chi connectivity index (χ4v) is 4.15. The van der Waals surface area contributed by atoms with Gasteiger partial charge in [0.15, 0.2) is 0 Å². The number of halogens is 1. The molecule has 152 valence electrons. The Balaban J connectivity index is 1.79. The Bertz CT molecular complexity index is 1250. The molecule has 0 bridgehead atoms. The number of nitrogens with zero attached hydrogens (tertiary/aromatic N) is 4. The second kappa shape index (κ2) is 7.71. The van der Waals surface area contributed by atoms with Crippen molar-refractivity contribution < 1.29 is 14.7 Å². The lowest BCUT2D eigenvalue weighted by atomic mass is 9.76. The average molecular weight is 431 g/mol. The summed E-state index contributed by atoms with van der Waals surface area (Å²) in [5.74, 6) is -2.46. The van der Waals surface area contributed by atoms with Crippen molar-refractivity contribution in [3.8, 4) is 17.9 Å². The summed E-state index contributed by atoms with van der Waals surface area (Å²) in [6.07, 6.45) is 0. The number of benzene rings is 2. The van der Waals surface area contributed by atoms with E-state index in [2.05, 4.69) is 17.1 Å². The van der Waals surface area contributed by atoms with Crippen LogP contribution in [0.4, 0.5) is 0 Å². The minimum atomic E-state index is -0.735. The number of amides is 2. The number of aromatic hydroxyl groups is 1. The predicted octanol–water partition coefficient (Wildman–Crippen LogP) is 3.82. The van der Waals surface area contributed by atoms with E-state index in [0.29, 0.717) is 22.4 Å². The van der Waals surface area contributed by atoms with Gasteiger partial charge in [-0.15, -0.1) is 0 Å². The van der Waals surface area contributed by atoms with Crippen LogP contribution >= 0.6 is 11.6 Å². The normalized spacial score (nSPS) is 20.3. The number of fused-ring (bicyclic) bond motifs is 1. The molecule has 0 spiro atoms. The third-order valence-electron chi connectivity index (χ3n) is 5.49. The van der Waals surface area contributed by atoms with E-state index in [-0.39, 0.29) is 28.6 Å². The highest BCUT2D eigenvalue weighted by atomic mass is 35.5. The Kier molecular flexibility index (Phi) is 5.06. The van der Waals surface area contributed by atoms with E-state index in [1.54, 1.807) is 37.3 Å². The molecule has 0 fully saturated rings. The third kappa shape index (κ3) is 3.26. The number of rotatable bonds is 3. The van der Waals surface area contributed by atoms with E-state index in [9.17, 15) is 25.2 Å². The lowest BCUT2D eigenvalue weighted by Gasteiger charge is -2.29. The lowest BCUT2D eigenvalue weighted by Crippen LogP contribution is -2.34. The van der Waals surface area contributed by atoms with E-state index in [1.165, 1.54) is 12.1 Å². The van der Waals surface area contributed by atoms with Gasteiger partial charge in [0.05, 0.1) is 52.0 Å². The zero-order chi connectivity index (χ0) is 22.3. The molecule has 1 N–H and O–H groups in total. The van der Waals surface area contributed by atoms with Crippen LogP contribution in [0.5, 0.6) is 5.75 Å². The number of allylic oxidation sites excluding steroid dienone is 1. The summed E-state index contributed by atoms with van der Waals surface area (Å²) in [5, 5.41) is 29.5. The Labute approximate surface area is 183 Å². The monoisotopic (exact) mass is 430 g/mol. The van der Waals surface area contributed by atoms with Crippen LogP contribution in [0.25, 0.3) is 0 Å². The molecule has 7 nitrogen and oxygen atoms in total. The van der Waals surface area contributed by atoms with Gasteiger partial charge in [0.1, 0.15) is 5.75 Å². The summed E-state index contributed by atoms with van der Waals surface area (Å²) in [5.41, 5.74) is 2.05. The molecule has 2 aromatic rings. The third-order valence-corrected chi connectivity index (χ3v) is 5.80. The van der Waals surface area contributed by atoms with E-state index in [0.717, 1.165) is 4.90 Å². The predicted molar refractivity (Wildman–Crippen MR) is 113 cm³/mol. The zero-order valence-electron chi connectivity index (χ0n) is 16.3. The number of imide groups is 1. The Morgan fingerprint density at radius 2 is 1.77 bits per heavy atom. The van der Waals surface area contributed by atoms with Crippen molar-refractivity contribution in [1.82, 2.24) is 4.90 Å². The highest BCUT2D eigenvalue weighted by molar-refractivity contribution is 6.32. The Morgan fingerprint density at radius 1 is 1.13 bits per heavy atom. The van der Waals surface area contributed by atoms with E-state index in [1.807, 2.05) is 0 Å². The second-order valence-corrected chi connectivity index (χ2v) is 7.67. The van der Waals surface area contributed by atoms with Crippen LogP contribution < -0.4 is 0 Å². The van der Waals surface area contributed by atoms with Crippen molar-refractivity contribution in [3.05, 3.63) is 75.4 Å². The summed E-state index contributed by atoms with van der Waals surface area (Å²) in [6, 6.07) is 15.3. The van der Waals surface area contributed by atoms with Gasteiger partial charge in [-0.1, -0.05) is 29.8 Å². The quantitative estimate of drug-likeness (QED) is 0.742. The average Bonchev–Trinajstić information content (AvgIpc) is 3.00. The molecule has 0 saturated heterocycles. The van der Waals surface area contributed by atoms with Gasteiger partial charge in [0.25, 0.3) is 11.8 Å². The molecule has 0 radical (unpaired) electrons. The first kappa shape index (κ1) is 20.3. The summed E-state index contributed by atoms with van der Waals surface area (Å²) in [4.78, 5) is 31.0. The number of carbonyl (C=O) groups is 2. The first-order valence-electron chi connectivity index (χ1n) is 9.39. The van der Waals surface area contributed by atoms with Gasteiger partial charge in [0.2, 0.25) is 0 Å². The fourth-order valence-electron chi connectivity index (χ4n) is 3.96. The summed E-state index contributed by atoms with van der Waals surface area (Å²) in [6.45, 7) is 1.48. The molecule has 8 heteroatoms. The second-order valence-electron chi connectivity index (χ2n) is 7.26. The maximum absolute atomic E-state index is 12.8. The molecule has 4 rings (SSSR count). The van der Waals surface area contributed by atoms with Gasteiger partial charge in [-0.25, -0.2) is 0 Å². The molecule has 2 aliphatic rings. The number of phenolic OH excluding ortho intramolecular Hbond substituents is 1. The molecule has 0 saturated carbocycles. The van der Waals surface area contributed by atoms with Crippen LogP contribution in [-0.4, -0.2) is 34.1 Å². The van der Waals surface area contributed by atoms with Crippen LogP contribution in [-0.2, 0) is 0 Å². The molecular weight excluding hydrogens is 416 g/mol. The number of aliphatic imine (C=N–C) groups is 1. The van der Waals surface area contributed by atoms with Crippen molar-refractivity contribution in [1.29, 1.82) is 10.5 Å². The van der Waals surface area contributed by atoms with Crippen LogP contribution in [0.3, 0.4) is 0 Å². The number of phenols is 1. The largest absolute Gasteiger partial charge is 0.506 e. The zero-order valence-corrected chi connectivity index (χ0v) is 17.1. The molecule has 2 aliphatic heterocycles. The number of carbonyl (C=O) groups excluding carboxylic acids is 2. The highest BCUT2D eigenvalue weighted by Gasteiger charge is 2.39. The van der Waals surface area contributed by atoms with Crippen LogP contribution in [0.1, 0.15) is 39.1 Å². The molecule has 2 unspecified atom stereocenters. The SMILES string of the molecule is CC1=NC(CN2C(=O)c3ccccc3C2=O)=C(C#N)C(c2ccc(O)c(Cl)c2)C1C#N. The molecule has 0 aliphatic carbocycles. The molecule has 2 aromatic carbocycles. The van der Waals surface area contributed by atoms with Crippen molar-refractivity contribution in [3.63, 3.8) is 0 Å². The van der Waals surface area contributed by atoms with Crippen LogP contribution in [0.15, 0.2) is 58.7 Å². The highest BCUT2D eigenvalue weighted by Crippen LogP contribution is 2.41. The fraction of sp³-hybridized carbons (Fsp3) is 0.174. The van der Waals surface area contributed by atoms with E-state index >= 15 is 0 Å². The van der Waals surface area contributed by atoms with Gasteiger partial charge >= 0.3 is 0 Å². The van der Waals surface area contributed by atoms with Gasteiger partial charge < -0.3 is 5.11 Å². The van der Waals surface area contributed by atoms with Crippen LogP contribution in [0, 0.1) is 28.6 Å². The standard InChI is InChI=1S/C23H15ClN4O3/c1-12-16(9-25)21(13-6-7-20(29)18(24)8-13)17(10-26)19(27-12)11-28-22(30)14-4-2-3-5-15(14)23(28)31/h2-8,16,21,29H,11H2,1H3. The number of nitriles is 2. The molecule has 2 amide bonds. The molecule has 0 aromatic heterocycles. The maximum Gasteiger partial charge on any atom is 0.261 e. The first-order chi connectivity index (χ1) is 14.9. The molecule has 31 heavy (non-hydrogen) atoms. The van der Waals surface area contributed by atoms with Crippen molar-refractivity contribution in [2.75, 3.05) is 6.54 Å². The summed E-state index contributed by atoms with van der Waals surface area (Å²) >= 11 is 6.06. The van der Waals surface area contributed by atoms with Gasteiger partial charge in [-0.2, -0.15) is 10.5 Å². The smallest absolute Gasteiger partial charge is 0.261 e. The molecule has 2 atom stereocenters. The number of hydrogen-bond donors (Lipinski definition) is 1. The van der Waals surface area contributed by atoms with E-state index in [4.69, 9.17) is 11.6 Å². The van der Waals surface area contributed by atoms with Gasteiger partial charge in [0, 0.05) is 11.6 Å². The Hall–Kier alpha value is -3.94. The van der Waals surface area contributed by atoms with Crippen molar-refractivity contribution in [2.24, 2.45) is 10.9 Å². The minimum absolute atomic E-state index is 0.0912. The van der Waals surface area contributed by atoms with Gasteiger partial charge in [-0.3, -0.25) is 19.5 Å².